The summed E-state index contributed by atoms with van der Waals surface area (Å²) in [5, 5.41) is 3.43. The van der Waals surface area contributed by atoms with Crippen molar-refractivity contribution in [3.8, 4) is 0 Å². The van der Waals surface area contributed by atoms with E-state index >= 15 is 0 Å². The zero-order valence-electron chi connectivity index (χ0n) is 17.7. The highest BCUT2D eigenvalue weighted by molar-refractivity contribution is 7.89. The third-order valence-electron chi connectivity index (χ3n) is 5.75. The normalized spacial score (nSPS) is 21.4. The molecular weight excluding hydrogens is 420 g/mol. The number of nitrogens with zero attached hydrogens (tertiary/aromatic N) is 1. The van der Waals surface area contributed by atoms with Gasteiger partial charge in [-0.25, -0.2) is 8.42 Å². The molecule has 0 aromatic heterocycles. The second-order valence-electron chi connectivity index (χ2n) is 7.80. The van der Waals surface area contributed by atoms with Gasteiger partial charge in [-0.15, -0.1) is 0 Å². The van der Waals surface area contributed by atoms with E-state index in [1.807, 2.05) is 0 Å². The molecule has 1 N–H and O–H groups in total. The van der Waals surface area contributed by atoms with Crippen molar-refractivity contribution in [3.63, 3.8) is 0 Å². The molecule has 1 aromatic rings. The Morgan fingerprint density at radius 3 is 2.37 bits per heavy atom. The van der Waals surface area contributed by atoms with Gasteiger partial charge in [-0.2, -0.15) is 4.31 Å². The van der Waals surface area contributed by atoms with E-state index in [0.29, 0.717) is 18.1 Å². The fraction of sp³-hybridized carbons (Fsp3) is 0.565. The summed E-state index contributed by atoms with van der Waals surface area (Å²) < 4.78 is 27.8. The van der Waals surface area contributed by atoms with Gasteiger partial charge in [0.25, 0.3) is 0 Å². The molecule has 1 saturated heterocycles. The van der Waals surface area contributed by atoms with Crippen molar-refractivity contribution in [1.82, 2.24) is 9.62 Å². The summed E-state index contributed by atoms with van der Waals surface area (Å²) >= 11 is 6.00. The largest absolute Gasteiger partial charge is 0.354 e. The molecule has 5 radical (unpaired) electrons. The van der Waals surface area contributed by atoms with Crippen LogP contribution in [0.4, 0.5) is 0 Å². The maximum absolute atomic E-state index is 13.1. The van der Waals surface area contributed by atoms with Crippen LogP contribution in [0.3, 0.4) is 0 Å². The molecule has 1 heterocycles. The Morgan fingerprint density at radius 1 is 1.03 bits per heavy atom. The Morgan fingerprint density at radius 2 is 1.70 bits per heavy atom. The van der Waals surface area contributed by atoms with E-state index in [2.05, 4.69) is 5.32 Å². The lowest BCUT2D eigenvalue weighted by Crippen LogP contribution is -2.49. The molecule has 3 rings (SSSR count). The minimum atomic E-state index is -3.63. The third-order valence-corrected chi connectivity index (χ3v) is 7.94. The Kier molecular flexibility index (Phi) is 11.4. The van der Waals surface area contributed by atoms with E-state index in [-0.39, 0.29) is 31.7 Å². The van der Waals surface area contributed by atoms with Gasteiger partial charge in [-0.3, -0.25) is 4.79 Å². The molecule has 0 spiro atoms. The van der Waals surface area contributed by atoms with Crippen molar-refractivity contribution in [2.45, 2.75) is 75.1 Å². The highest BCUT2D eigenvalue weighted by atomic mass is 35.5. The lowest BCUT2D eigenvalue weighted by atomic mass is 9.90. The minimum Gasteiger partial charge on any atom is -0.354 e. The predicted octanol–water partition coefficient (Wildman–Crippen LogP) is 4.97. The molecule has 1 amide bonds. The monoisotopic (exact) mass is 453 g/mol. The maximum Gasteiger partial charge on any atom is 0.243 e. The third kappa shape index (κ3) is 6.96. The van der Waals surface area contributed by atoms with E-state index in [4.69, 9.17) is 11.6 Å². The van der Waals surface area contributed by atoms with Crippen LogP contribution in [0.25, 0.3) is 0 Å². The van der Waals surface area contributed by atoms with Crippen LogP contribution in [-0.4, -0.2) is 37.8 Å². The number of nitrogens with one attached hydrogen (secondary N) is 1. The van der Waals surface area contributed by atoms with Gasteiger partial charge in [0.15, 0.2) is 0 Å². The number of sulfonamides is 1. The topological polar surface area (TPSA) is 66.5 Å². The number of benzene rings is 1. The smallest absolute Gasteiger partial charge is 0.243 e. The van der Waals surface area contributed by atoms with Crippen molar-refractivity contribution in [2.75, 3.05) is 13.1 Å². The molecule has 2 aliphatic rings. The van der Waals surface area contributed by atoms with Gasteiger partial charge in [0.2, 0.25) is 15.9 Å². The lowest BCUT2D eigenvalue weighted by Gasteiger charge is -2.35. The van der Waals surface area contributed by atoms with Gasteiger partial charge >= 0.3 is 0 Å². The van der Waals surface area contributed by atoms with Crippen molar-refractivity contribution in [3.05, 3.63) is 50.1 Å². The highest BCUT2D eigenvalue weighted by Crippen LogP contribution is 2.27. The van der Waals surface area contributed by atoms with Crippen molar-refractivity contribution >= 4 is 27.5 Å². The van der Waals surface area contributed by atoms with Crippen LogP contribution >= 0.6 is 11.6 Å². The Bertz CT molecular complexity index is 761. The molecule has 2 fully saturated rings. The summed E-state index contributed by atoms with van der Waals surface area (Å²) in [4.78, 5) is 12.9. The van der Waals surface area contributed by atoms with Gasteiger partial charge in [0.1, 0.15) is 0 Å². The number of amides is 1. The van der Waals surface area contributed by atoms with Crippen LogP contribution < -0.4 is 5.32 Å². The molecule has 7 heteroatoms. The quantitative estimate of drug-likeness (QED) is 0.684. The molecule has 1 aliphatic heterocycles. The van der Waals surface area contributed by atoms with E-state index in [0.717, 1.165) is 50.9 Å². The van der Waals surface area contributed by atoms with E-state index < -0.39 is 10.0 Å². The predicted molar refractivity (Wildman–Crippen MR) is 122 cm³/mol. The first kappa shape index (κ1) is 26.9. The molecule has 1 saturated carbocycles. The van der Waals surface area contributed by atoms with Crippen LogP contribution in [0.15, 0.2) is 29.2 Å². The number of rotatable bonds is 5. The average Bonchev–Trinajstić information content (AvgIpc) is 2.66. The number of halogens is 1. The van der Waals surface area contributed by atoms with Gasteiger partial charge in [-0.1, -0.05) is 71.0 Å². The fourth-order valence-electron chi connectivity index (χ4n) is 4.15. The summed E-state index contributed by atoms with van der Waals surface area (Å²) in [6.45, 7) is 0.841. The van der Waals surface area contributed by atoms with E-state index in [1.165, 1.54) is 25.3 Å². The molecule has 0 bridgehead atoms. The summed E-state index contributed by atoms with van der Waals surface area (Å²) in [7, 11) is -3.63. The van der Waals surface area contributed by atoms with E-state index in [1.54, 1.807) is 22.5 Å². The molecule has 1 unspecified atom stereocenters. The molecule has 1 atom stereocenters. The summed E-state index contributed by atoms with van der Waals surface area (Å²) in [6, 6.07) is 6.18. The van der Waals surface area contributed by atoms with Crippen LogP contribution in [-0.2, 0) is 14.8 Å². The first-order valence-electron chi connectivity index (χ1n) is 10.4. The molecule has 5 nitrogen and oxygen atoms in total. The zero-order valence-corrected chi connectivity index (χ0v) is 19.3. The molecule has 1 aliphatic carbocycles. The minimum absolute atomic E-state index is 0. The van der Waals surface area contributed by atoms with Gasteiger partial charge in [0, 0.05) is 24.2 Å². The number of piperidine rings is 1. The van der Waals surface area contributed by atoms with Crippen LogP contribution in [0, 0.1) is 20.8 Å². The summed E-state index contributed by atoms with van der Waals surface area (Å²) in [6.07, 6.45) is 10.1. The van der Waals surface area contributed by atoms with E-state index in [9.17, 15) is 13.2 Å². The van der Waals surface area contributed by atoms with Gasteiger partial charge in [0.05, 0.1) is 10.8 Å². The SMILES string of the molecule is O=C(NCC1CCCCN1S(=O)(=O)c1cccc(Cl)c1)[C]1CCCCCCC1.[CH2].[CH2]. The Hall–Kier alpha value is -1.11. The lowest BCUT2D eigenvalue weighted by molar-refractivity contribution is -0.120. The first-order valence-corrected chi connectivity index (χ1v) is 12.2. The fourth-order valence-corrected chi connectivity index (χ4v) is 6.15. The van der Waals surface area contributed by atoms with Gasteiger partial charge in [-0.05, 0) is 43.9 Å². The number of carbonyl (C=O) groups excluding carboxylic acids is 1. The number of hydrogen-bond acceptors (Lipinski definition) is 3. The summed E-state index contributed by atoms with van der Waals surface area (Å²) in [5.74, 6) is 0.979. The van der Waals surface area contributed by atoms with Crippen molar-refractivity contribution in [2.24, 2.45) is 0 Å². The number of carbonyl (C=O) groups is 1. The van der Waals surface area contributed by atoms with Crippen LogP contribution in [0.5, 0.6) is 0 Å². The molecule has 1 aromatic carbocycles. The summed E-state index contributed by atoms with van der Waals surface area (Å²) in [5.41, 5.74) is 0. The van der Waals surface area contributed by atoms with Crippen molar-refractivity contribution < 1.29 is 13.2 Å². The molecular formula is C23H34ClN2O3S. The zero-order chi connectivity index (χ0) is 20.0. The maximum atomic E-state index is 13.1. The molecule has 167 valence electrons. The second kappa shape index (κ2) is 12.7. The van der Waals surface area contributed by atoms with Crippen LogP contribution in [0.2, 0.25) is 5.02 Å². The number of hydrogen-bond donors (Lipinski definition) is 1. The van der Waals surface area contributed by atoms with Gasteiger partial charge < -0.3 is 5.32 Å². The second-order valence-corrected chi connectivity index (χ2v) is 10.1. The van der Waals surface area contributed by atoms with Crippen molar-refractivity contribution in [1.29, 1.82) is 0 Å². The first-order chi connectivity index (χ1) is 13.5. The Balaban J connectivity index is 0.00000225. The highest BCUT2D eigenvalue weighted by Gasteiger charge is 2.34. The average molecular weight is 454 g/mol. The Labute approximate surface area is 188 Å². The van der Waals surface area contributed by atoms with Crippen LogP contribution in [0.1, 0.15) is 64.2 Å². The standard InChI is InChI=1S/C21H30ClN2O3S.2CH2/c22-18-11-8-13-20(15-18)28(26,27)24-14-7-6-12-19(24)16-23-21(25)17-9-4-2-1-3-5-10-17;;/h8,11,13,15,19H,1-7,9-10,12,14,16H2,(H,23,25);2*1H2. The molecule has 30 heavy (non-hydrogen) atoms.